The summed E-state index contributed by atoms with van der Waals surface area (Å²) in [6.07, 6.45) is 2.02. The molecule has 1 aromatic carbocycles. The largest absolute Gasteiger partial charge is 0.296 e. The number of fused-ring (bicyclic) bond motifs is 1. The third-order valence-corrected chi connectivity index (χ3v) is 6.14. The molecule has 0 fully saturated rings. The predicted molar refractivity (Wildman–Crippen MR) is 74.1 cm³/mol. The monoisotopic (exact) mass is 358 g/mol. The number of hydrogen-bond donors (Lipinski definition) is 2. The standard InChI is InChI=1S/C10H8Cl2O6S2/c11-8-3-6-1-2-10(12,20(16,17)18)5-7(6)4-9(8)19(13,14)15/h1-4H,5H2,(H,13,14,15)(H,16,17,18). The second-order valence-corrected chi connectivity index (χ2v) is 8.60. The lowest BCUT2D eigenvalue weighted by atomic mass is 9.97. The van der Waals surface area contributed by atoms with Gasteiger partial charge in [-0.25, -0.2) is 0 Å². The summed E-state index contributed by atoms with van der Waals surface area (Å²) in [5.74, 6) is 0. The summed E-state index contributed by atoms with van der Waals surface area (Å²) >= 11 is 11.5. The summed E-state index contributed by atoms with van der Waals surface area (Å²) in [5, 5.41) is -0.204. The van der Waals surface area contributed by atoms with E-state index >= 15 is 0 Å². The molecule has 1 aliphatic carbocycles. The zero-order valence-electron chi connectivity index (χ0n) is 9.62. The van der Waals surface area contributed by atoms with Crippen molar-refractivity contribution >= 4 is 49.5 Å². The lowest BCUT2D eigenvalue weighted by Gasteiger charge is -2.25. The Balaban J connectivity index is 2.64. The number of alkyl halides is 1. The van der Waals surface area contributed by atoms with E-state index in [-0.39, 0.29) is 17.0 Å². The van der Waals surface area contributed by atoms with Crippen LogP contribution in [0.1, 0.15) is 11.1 Å². The molecule has 10 heteroatoms. The summed E-state index contributed by atoms with van der Waals surface area (Å²) in [6, 6.07) is 2.29. The maximum absolute atomic E-state index is 11.2. The van der Waals surface area contributed by atoms with Gasteiger partial charge < -0.3 is 0 Å². The molecule has 6 nitrogen and oxygen atoms in total. The highest BCUT2D eigenvalue weighted by molar-refractivity contribution is 7.89. The van der Waals surface area contributed by atoms with E-state index in [0.29, 0.717) is 5.56 Å². The smallest absolute Gasteiger partial charge is 0.284 e. The molecule has 1 atom stereocenters. The van der Waals surface area contributed by atoms with Crippen LogP contribution in [-0.4, -0.2) is 30.1 Å². The average Bonchev–Trinajstić information content (AvgIpc) is 2.26. The maximum atomic E-state index is 11.2. The van der Waals surface area contributed by atoms with E-state index in [0.717, 1.165) is 12.1 Å². The van der Waals surface area contributed by atoms with Crippen LogP contribution >= 0.6 is 23.2 Å². The molecule has 0 saturated carbocycles. The van der Waals surface area contributed by atoms with Gasteiger partial charge in [0.1, 0.15) is 4.90 Å². The van der Waals surface area contributed by atoms with Crippen LogP contribution in [0.3, 0.4) is 0 Å². The van der Waals surface area contributed by atoms with E-state index in [1.54, 1.807) is 0 Å². The second kappa shape index (κ2) is 4.69. The predicted octanol–water partition coefficient (Wildman–Crippen LogP) is 1.98. The van der Waals surface area contributed by atoms with Crippen LogP contribution in [0, 0.1) is 0 Å². The van der Waals surface area contributed by atoms with Crippen LogP contribution in [-0.2, 0) is 26.7 Å². The fourth-order valence-corrected chi connectivity index (χ4v) is 3.67. The Morgan fingerprint density at radius 2 is 1.75 bits per heavy atom. The zero-order chi connectivity index (χ0) is 15.3. The van der Waals surface area contributed by atoms with Crippen LogP contribution in [0.4, 0.5) is 0 Å². The van der Waals surface area contributed by atoms with Crippen LogP contribution in [0.5, 0.6) is 0 Å². The number of hydrogen-bond acceptors (Lipinski definition) is 4. The fraction of sp³-hybridized carbons (Fsp3) is 0.200. The van der Waals surface area contributed by atoms with Gasteiger partial charge in [-0.15, -0.1) is 0 Å². The summed E-state index contributed by atoms with van der Waals surface area (Å²) < 4.78 is 60.8. The minimum absolute atomic E-state index is 0.204. The maximum Gasteiger partial charge on any atom is 0.296 e. The molecule has 0 spiro atoms. The lowest BCUT2D eigenvalue weighted by molar-refractivity contribution is 0.467. The molecule has 0 amide bonds. The number of halogens is 2. The topological polar surface area (TPSA) is 109 Å². The van der Waals surface area contributed by atoms with Crippen LogP contribution in [0.15, 0.2) is 23.1 Å². The SMILES string of the molecule is O=S(=O)(O)c1cc2c(cc1Cl)C=CC(Cl)(S(=O)(=O)O)C2. The molecule has 2 rings (SSSR count). The van der Waals surface area contributed by atoms with Gasteiger partial charge in [0.25, 0.3) is 20.2 Å². The van der Waals surface area contributed by atoms with E-state index in [2.05, 4.69) is 0 Å². The highest BCUT2D eigenvalue weighted by atomic mass is 35.5. The van der Waals surface area contributed by atoms with Gasteiger partial charge >= 0.3 is 0 Å². The molecule has 0 bridgehead atoms. The molecule has 0 heterocycles. The normalized spacial score (nSPS) is 22.6. The molecule has 110 valence electrons. The molecule has 0 aliphatic heterocycles. The molecular formula is C10H8Cl2O6S2. The van der Waals surface area contributed by atoms with Crippen molar-refractivity contribution in [3.05, 3.63) is 34.4 Å². The van der Waals surface area contributed by atoms with Gasteiger partial charge in [-0.2, -0.15) is 16.8 Å². The molecular weight excluding hydrogens is 351 g/mol. The van der Waals surface area contributed by atoms with Crippen molar-refractivity contribution in [2.45, 2.75) is 15.5 Å². The van der Waals surface area contributed by atoms with Gasteiger partial charge in [0.15, 0.2) is 4.21 Å². The van der Waals surface area contributed by atoms with Gasteiger partial charge in [0.2, 0.25) is 0 Å². The Hall–Kier alpha value is -0.640. The second-order valence-electron chi connectivity index (χ2n) is 4.23. The molecule has 1 unspecified atom stereocenters. The van der Waals surface area contributed by atoms with Gasteiger partial charge in [-0.1, -0.05) is 29.3 Å². The van der Waals surface area contributed by atoms with E-state index in [4.69, 9.17) is 32.3 Å². The minimum atomic E-state index is -4.59. The summed E-state index contributed by atoms with van der Waals surface area (Å²) in [5.41, 5.74) is 0.666. The van der Waals surface area contributed by atoms with Crippen molar-refractivity contribution in [1.29, 1.82) is 0 Å². The minimum Gasteiger partial charge on any atom is -0.284 e. The third kappa shape index (κ3) is 2.72. The zero-order valence-corrected chi connectivity index (χ0v) is 12.8. The Bertz CT molecular complexity index is 812. The van der Waals surface area contributed by atoms with E-state index in [1.807, 2.05) is 0 Å². The van der Waals surface area contributed by atoms with Gasteiger partial charge in [-0.05, 0) is 29.3 Å². The number of benzene rings is 1. The van der Waals surface area contributed by atoms with E-state index in [9.17, 15) is 16.8 Å². The summed E-state index contributed by atoms with van der Waals surface area (Å²) in [4.78, 5) is -0.553. The van der Waals surface area contributed by atoms with Crippen molar-refractivity contribution in [1.82, 2.24) is 0 Å². The first kappa shape index (κ1) is 15.7. The number of rotatable bonds is 2. The quantitative estimate of drug-likeness (QED) is 0.617. The van der Waals surface area contributed by atoms with Gasteiger partial charge in [-0.3, -0.25) is 9.11 Å². The van der Waals surface area contributed by atoms with Gasteiger partial charge in [0.05, 0.1) is 5.02 Å². The summed E-state index contributed by atoms with van der Waals surface area (Å²) in [7, 11) is -9.14. The molecule has 1 aromatic rings. The molecule has 0 radical (unpaired) electrons. The average molecular weight is 359 g/mol. The molecule has 2 N–H and O–H groups in total. The first-order valence-electron chi connectivity index (χ1n) is 5.09. The van der Waals surface area contributed by atoms with Crippen molar-refractivity contribution < 1.29 is 25.9 Å². The van der Waals surface area contributed by atoms with Crippen LogP contribution in [0.2, 0.25) is 5.02 Å². The Morgan fingerprint density at radius 3 is 2.25 bits per heavy atom. The fourth-order valence-electron chi connectivity index (χ4n) is 1.83. The first-order valence-corrected chi connectivity index (χ1v) is 8.73. The van der Waals surface area contributed by atoms with Gasteiger partial charge in [0, 0.05) is 6.42 Å². The Kier molecular flexibility index (Phi) is 3.69. The van der Waals surface area contributed by atoms with Crippen molar-refractivity contribution in [3.8, 4) is 0 Å². The van der Waals surface area contributed by atoms with E-state index < -0.39 is 29.3 Å². The highest BCUT2D eigenvalue weighted by Crippen LogP contribution is 2.37. The van der Waals surface area contributed by atoms with E-state index in [1.165, 1.54) is 12.1 Å². The third-order valence-electron chi connectivity index (χ3n) is 2.84. The lowest BCUT2D eigenvalue weighted by Crippen LogP contribution is -2.34. The Labute approximate surface area is 125 Å². The van der Waals surface area contributed by atoms with Crippen LogP contribution < -0.4 is 0 Å². The first-order chi connectivity index (χ1) is 8.94. The van der Waals surface area contributed by atoms with Crippen molar-refractivity contribution in [2.24, 2.45) is 0 Å². The molecule has 1 aliphatic rings. The van der Waals surface area contributed by atoms with Crippen LogP contribution in [0.25, 0.3) is 6.08 Å². The molecule has 0 aromatic heterocycles. The van der Waals surface area contributed by atoms with Crippen molar-refractivity contribution in [2.75, 3.05) is 0 Å². The molecule has 0 saturated heterocycles. The molecule has 20 heavy (non-hydrogen) atoms. The Morgan fingerprint density at radius 1 is 1.15 bits per heavy atom. The van der Waals surface area contributed by atoms with Crippen molar-refractivity contribution in [3.63, 3.8) is 0 Å². The highest BCUT2D eigenvalue weighted by Gasteiger charge is 2.41. The summed E-state index contributed by atoms with van der Waals surface area (Å²) in [6.45, 7) is 0.